The molecule has 3 atom stereocenters. The zero-order valence-electron chi connectivity index (χ0n) is 11.9. The fourth-order valence-electron chi connectivity index (χ4n) is 3.39. The van der Waals surface area contributed by atoms with Crippen molar-refractivity contribution < 1.29 is 9.53 Å². The van der Waals surface area contributed by atoms with Gasteiger partial charge in [-0.25, -0.2) is 0 Å². The van der Waals surface area contributed by atoms with Crippen molar-refractivity contribution in [1.82, 2.24) is 10.6 Å². The zero-order valence-corrected chi connectivity index (χ0v) is 11.9. The van der Waals surface area contributed by atoms with E-state index in [1.54, 1.807) is 7.11 Å². The topological polar surface area (TPSA) is 50.4 Å². The molecule has 0 bridgehead atoms. The first kappa shape index (κ1) is 13.6. The van der Waals surface area contributed by atoms with Crippen LogP contribution in [-0.2, 0) is 16.1 Å². The van der Waals surface area contributed by atoms with Gasteiger partial charge in [-0.2, -0.15) is 0 Å². The molecule has 1 aromatic carbocycles. The number of fused-ring (bicyclic) bond motifs is 1. The Morgan fingerprint density at radius 3 is 3.05 bits per heavy atom. The van der Waals surface area contributed by atoms with Gasteiger partial charge in [0.05, 0.1) is 18.1 Å². The van der Waals surface area contributed by atoms with Crippen LogP contribution in [0.3, 0.4) is 0 Å². The average Bonchev–Trinajstić information content (AvgIpc) is 2.93. The third-order valence-electron chi connectivity index (χ3n) is 4.49. The third-order valence-corrected chi connectivity index (χ3v) is 4.49. The Balaban J connectivity index is 1.72. The molecule has 3 rings (SSSR count). The van der Waals surface area contributed by atoms with Crippen LogP contribution in [0.5, 0.6) is 0 Å². The van der Waals surface area contributed by atoms with Crippen molar-refractivity contribution in [3.05, 3.63) is 35.4 Å². The molecule has 1 saturated carbocycles. The van der Waals surface area contributed by atoms with Gasteiger partial charge < -0.3 is 15.4 Å². The van der Waals surface area contributed by atoms with Gasteiger partial charge in [0, 0.05) is 20.2 Å². The summed E-state index contributed by atoms with van der Waals surface area (Å²) >= 11 is 0. The first-order valence-corrected chi connectivity index (χ1v) is 7.41. The van der Waals surface area contributed by atoms with Crippen LogP contribution in [0.2, 0.25) is 0 Å². The summed E-state index contributed by atoms with van der Waals surface area (Å²) in [6.07, 6.45) is 3.36. The van der Waals surface area contributed by atoms with Crippen LogP contribution in [0, 0.1) is 0 Å². The molecule has 4 heteroatoms. The molecule has 2 N–H and O–H groups in total. The first-order valence-electron chi connectivity index (χ1n) is 7.41. The fourth-order valence-corrected chi connectivity index (χ4v) is 3.39. The van der Waals surface area contributed by atoms with Crippen molar-refractivity contribution in [2.75, 3.05) is 13.7 Å². The molecule has 0 spiro atoms. The number of rotatable bonds is 3. The van der Waals surface area contributed by atoms with Crippen molar-refractivity contribution >= 4 is 5.91 Å². The summed E-state index contributed by atoms with van der Waals surface area (Å²) in [6, 6.07) is 8.37. The number of nitrogens with one attached hydrogen (secondary N) is 2. The van der Waals surface area contributed by atoms with E-state index >= 15 is 0 Å². The SMILES string of the molecule is COC1CCCC1NC(=O)C1CNCc2ccccc21. The summed E-state index contributed by atoms with van der Waals surface area (Å²) in [4.78, 5) is 12.6. The van der Waals surface area contributed by atoms with Crippen LogP contribution < -0.4 is 10.6 Å². The molecule has 108 valence electrons. The van der Waals surface area contributed by atoms with Gasteiger partial charge in [-0.3, -0.25) is 4.79 Å². The normalized spacial score (nSPS) is 28.9. The Morgan fingerprint density at radius 2 is 2.20 bits per heavy atom. The monoisotopic (exact) mass is 274 g/mol. The second-order valence-electron chi connectivity index (χ2n) is 5.70. The number of carbonyl (C=O) groups is 1. The van der Waals surface area contributed by atoms with Gasteiger partial charge >= 0.3 is 0 Å². The van der Waals surface area contributed by atoms with Crippen LogP contribution in [0.15, 0.2) is 24.3 Å². The number of benzene rings is 1. The average molecular weight is 274 g/mol. The molecule has 1 amide bonds. The summed E-state index contributed by atoms with van der Waals surface area (Å²) in [7, 11) is 1.73. The molecule has 4 nitrogen and oxygen atoms in total. The van der Waals surface area contributed by atoms with Crippen molar-refractivity contribution in [2.24, 2.45) is 0 Å². The molecule has 0 aromatic heterocycles. The summed E-state index contributed by atoms with van der Waals surface area (Å²) < 4.78 is 5.45. The van der Waals surface area contributed by atoms with Gasteiger partial charge in [0.2, 0.25) is 5.91 Å². The van der Waals surface area contributed by atoms with Crippen LogP contribution in [0.25, 0.3) is 0 Å². The molecule has 20 heavy (non-hydrogen) atoms. The molecular formula is C16H22N2O2. The van der Waals surface area contributed by atoms with E-state index in [0.29, 0.717) is 6.54 Å². The smallest absolute Gasteiger partial charge is 0.229 e. The van der Waals surface area contributed by atoms with Crippen molar-refractivity contribution in [3.63, 3.8) is 0 Å². The quantitative estimate of drug-likeness (QED) is 0.879. The Morgan fingerprint density at radius 1 is 1.35 bits per heavy atom. The summed E-state index contributed by atoms with van der Waals surface area (Å²) in [5.74, 6) is 0.0386. The summed E-state index contributed by atoms with van der Waals surface area (Å²) in [5.41, 5.74) is 2.39. The van der Waals surface area contributed by atoms with Gasteiger partial charge in [-0.05, 0) is 30.4 Å². The fraction of sp³-hybridized carbons (Fsp3) is 0.562. The molecular weight excluding hydrogens is 252 g/mol. The first-order chi connectivity index (χ1) is 9.79. The Bertz CT molecular complexity index is 489. The van der Waals surface area contributed by atoms with Gasteiger partial charge in [0.15, 0.2) is 0 Å². The number of ether oxygens (including phenoxy) is 1. The van der Waals surface area contributed by atoms with E-state index in [1.807, 2.05) is 12.1 Å². The highest BCUT2D eigenvalue weighted by atomic mass is 16.5. The lowest BCUT2D eigenvalue weighted by Crippen LogP contribution is -2.46. The van der Waals surface area contributed by atoms with Gasteiger partial charge in [-0.1, -0.05) is 24.3 Å². The minimum Gasteiger partial charge on any atom is -0.379 e. The van der Waals surface area contributed by atoms with E-state index in [0.717, 1.165) is 31.4 Å². The highest BCUT2D eigenvalue weighted by Crippen LogP contribution is 2.26. The number of hydrogen-bond acceptors (Lipinski definition) is 3. The molecule has 1 aliphatic heterocycles. The molecule has 3 unspecified atom stereocenters. The van der Waals surface area contributed by atoms with Crippen LogP contribution in [0.4, 0.5) is 0 Å². The molecule has 0 radical (unpaired) electrons. The highest BCUT2D eigenvalue weighted by molar-refractivity contribution is 5.85. The van der Waals surface area contributed by atoms with Gasteiger partial charge in [0.25, 0.3) is 0 Å². The van der Waals surface area contributed by atoms with Crippen LogP contribution in [0.1, 0.15) is 36.3 Å². The second-order valence-corrected chi connectivity index (χ2v) is 5.70. The van der Waals surface area contributed by atoms with Crippen LogP contribution >= 0.6 is 0 Å². The molecule has 1 aliphatic carbocycles. The van der Waals surface area contributed by atoms with E-state index in [9.17, 15) is 4.79 Å². The van der Waals surface area contributed by atoms with Crippen LogP contribution in [-0.4, -0.2) is 31.7 Å². The van der Waals surface area contributed by atoms with E-state index in [4.69, 9.17) is 4.74 Å². The summed E-state index contributed by atoms with van der Waals surface area (Å²) in [5, 5.41) is 6.52. The lowest BCUT2D eigenvalue weighted by molar-refractivity contribution is -0.124. The standard InChI is InChI=1S/C16H22N2O2/c1-20-15-8-4-7-14(15)18-16(19)13-10-17-9-11-5-2-3-6-12(11)13/h2-3,5-6,13-15,17H,4,7-10H2,1H3,(H,18,19). The van der Waals surface area contributed by atoms with Crippen molar-refractivity contribution in [1.29, 1.82) is 0 Å². The molecule has 1 heterocycles. The minimum absolute atomic E-state index is 0.0851. The lowest BCUT2D eigenvalue weighted by Gasteiger charge is -2.28. The van der Waals surface area contributed by atoms with E-state index in [2.05, 4.69) is 22.8 Å². The van der Waals surface area contributed by atoms with Crippen molar-refractivity contribution in [2.45, 2.75) is 43.9 Å². The molecule has 0 saturated heterocycles. The summed E-state index contributed by atoms with van der Waals surface area (Å²) in [6.45, 7) is 1.57. The second kappa shape index (κ2) is 5.94. The largest absolute Gasteiger partial charge is 0.379 e. The number of carbonyl (C=O) groups excluding carboxylic acids is 1. The minimum atomic E-state index is -0.0851. The third kappa shape index (κ3) is 2.58. The maximum absolute atomic E-state index is 12.6. The maximum atomic E-state index is 12.6. The van der Waals surface area contributed by atoms with E-state index in [-0.39, 0.29) is 24.0 Å². The van der Waals surface area contributed by atoms with E-state index in [1.165, 1.54) is 5.56 Å². The lowest BCUT2D eigenvalue weighted by atomic mass is 9.90. The number of methoxy groups -OCH3 is 1. The molecule has 1 aromatic rings. The predicted octanol–water partition coefficient (Wildman–Crippen LogP) is 1.56. The van der Waals surface area contributed by atoms with Gasteiger partial charge in [0.1, 0.15) is 0 Å². The molecule has 2 aliphatic rings. The number of amides is 1. The maximum Gasteiger partial charge on any atom is 0.229 e. The van der Waals surface area contributed by atoms with Gasteiger partial charge in [-0.15, -0.1) is 0 Å². The Labute approximate surface area is 119 Å². The van der Waals surface area contributed by atoms with Crippen molar-refractivity contribution in [3.8, 4) is 0 Å². The number of hydrogen-bond donors (Lipinski definition) is 2. The Kier molecular flexibility index (Phi) is 4.03. The van der Waals surface area contributed by atoms with E-state index < -0.39 is 0 Å². The predicted molar refractivity (Wildman–Crippen MR) is 77.5 cm³/mol. The zero-order chi connectivity index (χ0) is 13.9. The highest BCUT2D eigenvalue weighted by Gasteiger charge is 2.32. The molecule has 1 fully saturated rings. The Hall–Kier alpha value is -1.39.